The lowest BCUT2D eigenvalue weighted by molar-refractivity contribution is 0.0696. The van der Waals surface area contributed by atoms with E-state index in [1.54, 1.807) is 6.92 Å². The highest BCUT2D eigenvalue weighted by Crippen LogP contribution is 2.24. The maximum atomic E-state index is 13.3. The summed E-state index contributed by atoms with van der Waals surface area (Å²) in [6, 6.07) is 3.69. The molecule has 0 aromatic heterocycles. The number of carboxylic acid groups (broad SMARTS) is 1. The maximum absolute atomic E-state index is 13.3. The summed E-state index contributed by atoms with van der Waals surface area (Å²) in [6.07, 6.45) is 0.111. The fraction of sp³-hybridized carbons (Fsp3) is 0.364. The molecule has 0 heterocycles. The molecule has 0 saturated carbocycles. The molecule has 0 radical (unpaired) electrons. The lowest BCUT2D eigenvalue weighted by atomic mass is 10.2. The van der Waals surface area contributed by atoms with E-state index in [0.717, 1.165) is 6.07 Å². The Morgan fingerprint density at radius 2 is 2.25 bits per heavy atom. The largest absolute Gasteiger partial charge is 0.478 e. The van der Waals surface area contributed by atoms with Crippen molar-refractivity contribution >= 4 is 17.7 Å². The lowest BCUT2D eigenvalue weighted by Crippen LogP contribution is -2.01. The van der Waals surface area contributed by atoms with E-state index in [1.165, 1.54) is 23.9 Å². The number of halogens is 1. The van der Waals surface area contributed by atoms with Crippen LogP contribution in [-0.4, -0.2) is 28.0 Å². The summed E-state index contributed by atoms with van der Waals surface area (Å²) in [4.78, 5) is 11.0. The van der Waals surface area contributed by atoms with Crippen molar-refractivity contribution in [2.45, 2.75) is 24.3 Å². The van der Waals surface area contributed by atoms with Crippen LogP contribution < -0.4 is 0 Å². The monoisotopic (exact) mass is 244 g/mol. The first-order chi connectivity index (χ1) is 7.50. The van der Waals surface area contributed by atoms with Crippen molar-refractivity contribution in [3.05, 3.63) is 29.6 Å². The second kappa shape index (κ2) is 5.86. The molecule has 1 atom stereocenters. The minimum Gasteiger partial charge on any atom is -0.478 e. The van der Waals surface area contributed by atoms with Gasteiger partial charge in [0.25, 0.3) is 0 Å². The normalized spacial score (nSPS) is 12.4. The summed E-state index contributed by atoms with van der Waals surface area (Å²) in [7, 11) is 0. The summed E-state index contributed by atoms with van der Waals surface area (Å²) >= 11 is 1.21. The fourth-order valence-electron chi connectivity index (χ4n) is 1.09. The molecule has 0 aliphatic rings. The van der Waals surface area contributed by atoms with Crippen molar-refractivity contribution in [1.82, 2.24) is 0 Å². The molecule has 1 unspecified atom stereocenters. The highest BCUT2D eigenvalue weighted by Gasteiger charge is 2.09. The van der Waals surface area contributed by atoms with Gasteiger partial charge in [-0.2, -0.15) is 0 Å². The Bertz CT molecular complexity index is 379. The Hall–Kier alpha value is -1.07. The molecular weight excluding hydrogens is 231 g/mol. The highest BCUT2D eigenvalue weighted by molar-refractivity contribution is 7.99. The topological polar surface area (TPSA) is 57.5 Å². The molecule has 0 aliphatic heterocycles. The van der Waals surface area contributed by atoms with Gasteiger partial charge >= 0.3 is 5.97 Å². The Balaban J connectivity index is 2.70. The number of hydrogen-bond donors (Lipinski definition) is 2. The smallest absolute Gasteiger partial charge is 0.335 e. The fourth-order valence-corrected chi connectivity index (χ4v) is 2.18. The average Bonchev–Trinajstić information content (AvgIpc) is 2.20. The van der Waals surface area contributed by atoms with Gasteiger partial charge in [-0.05, 0) is 31.5 Å². The predicted molar refractivity (Wildman–Crippen MR) is 60.4 cm³/mol. The van der Waals surface area contributed by atoms with Crippen LogP contribution in [0, 0.1) is 5.82 Å². The van der Waals surface area contributed by atoms with E-state index < -0.39 is 17.9 Å². The Labute approximate surface area is 97.3 Å². The van der Waals surface area contributed by atoms with Gasteiger partial charge in [0, 0.05) is 10.6 Å². The molecule has 88 valence electrons. The molecular formula is C11H13FO3S. The average molecular weight is 244 g/mol. The minimum atomic E-state index is -1.07. The molecule has 0 fully saturated rings. The number of aliphatic hydroxyl groups excluding tert-OH is 1. The van der Waals surface area contributed by atoms with E-state index in [0.29, 0.717) is 17.1 Å². The summed E-state index contributed by atoms with van der Waals surface area (Å²) < 4.78 is 13.3. The zero-order valence-corrected chi connectivity index (χ0v) is 9.63. The van der Waals surface area contributed by atoms with Gasteiger partial charge in [-0.3, -0.25) is 0 Å². The van der Waals surface area contributed by atoms with Crippen LogP contribution in [0.3, 0.4) is 0 Å². The van der Waals surface area contributed by atoms with E-state index in [1.807, 2.05) is 0 Å². The van der Waals surface area contributed by atoms with E-state index >= 15 is 0 Å². The Morgan fingerprint density at radius 3 is 2.81 bits per heavy atom. The number of rotatable bonds is 5. The van der Waals surface area contributed by atoms with Crippen molar-refractivity contribution in [2.75, 3.05) is 5.75 Å². The van der Waals surface area contributed by atoms with Crippen LogP contribution in [-0.2, 0) is 0 Å². The first-order valence-electron chi connectivity index (χ1n) is 4.84. The Kier molecular flexibility index (Phi) is 4.76. The van der Waals surface area contributed by atoms with Gasteiger partial charge in [-0.25, -0.2) is 9.18 Å². The van der Waals surface area contributed by atoms with Crippen molar-refractivity contribution in [3.63, 3.8) is 0 Å². The van der Waals surface area contributed by atoms with Crippen LogP contribution in [0.5, 0.6) is 0 Å². The molecule has 1 aromatic carbocycles. The maximum Gasteiger partial charge on any atom is 0.335 e. The van der Waals surface area contributed by atoms with E-state index in [-0.39, 0.29) is 5.56 Å². The van der Waals surface area contributed by atoms with Gasteiger partial charge in [-0.15, -0.1) is 11.8 Å². The zero-order valence-electron chi connectivity index (χ0n) is 8.81. The van der Waals surface area contributed by atoms with Crippen LogP contribution in [0.25, 0.3) is 0 Å². The predicted octanol–water partition coefficient (Wildman–Crippen LogP) is 2.39. The van der Waals surface area contributed by atoms with Gasteiger partial charge in [0.1, 0.15) is 5.82 Å². The molecule has 0 amide bonds. The minimum absolute atomic E-state index is 0.0703. The number of aliphatic hydroxyl groups is 1. The second-order valence-corrected chi connectivity index (χ2v) is 4.57. The van der Waals surface area contributed by atoms with Crippen LogP contribution in [0.1, 0.15) is 23.7 Å². The standard InChI is InChI=1S/C11H13FO3S/c1-7(13)4-5-16-10-6-8(11(14)15)2-3-9(10)12/h2-3,6-7,13H,4-5H2,1H3,(H,14,15). The SMILES string of the molecule is CC(O)CCSc1cc(C(=O)O)ccc1F. The number of benzene rings is 1. The highest BCUT2D eigenvalue weighted by atomic mass is 32.2. The third kappa shape index (κ3) is 3.83. The number of hydrogen-bond acceptors (Lipinski definition) is 3. The summed E-state index contributed by atoms with van der Waals surface area (Å²) in [6.45, 7) is 1.66. The zero-order chi connectivity index (χ0) is 12.1. The summed E-state index contributed by atoms with van der Waals surface area (Å²) in [5, 5.41) is 17.8. The van der Waals surface area contributed by atoms with Gasteiger partial charge in [0.2, 0.25) is 0 Å². The third-order valence-electron chi connectivity index (χ3n) is 1.97. The second-order valence-electron chi connectivity index (χ2n) is 3.44. The van der Waals surface area contributed by atoms with Gasteiger partial charge < -0.3 is 10.2 Å². The first-order valence-corrected chi connectivity index (χ1v) is 5.83. The van der Waals surface area contributed by atoms with Gasteiger partial charge in [0.15, 0.2) is 0 Å². The quantitative estimate of drug-likeness (QED) is 0.781. The molecule has 0 aliphatic carbocycles. The number of carboxylic acids is 1. The van der Waals surface area contributed by atoms with Crippen molar-refractivity contribution in [3.8, 4) is 0 Å². The Morgan fingerprint density at radius 1 is 1.56 bits per heavy atom. The molecule has 0 saturated heterocycles. The summed E-state index contributed by atoms with van der Waals surface area (Å²) in [5.41, 5.74) is 0.0703. The molecule has 0 spiro atoms. The molecule has 3 nitrogen and oxygen atoms in total. The molecule has 16 heavy (non-hydrogen) atoms. The van der Waals surface area contributed by atoms with Crippen molar-refractivity contribution in [2.24, 2.45) is 0 Å². The molecule has 0 bridgehead atoms. The number of thioether (sulfide) groups is 1. The van der Waals surface area contributed by atoms with Crippen LogP contribution in [0.4, 0.5) is 4.39 Å². The van der Waals surface area contributed by atoms with E-state index in [9.17, 15) is 9.18 Å². The lowest BCUT2D eigenvalue weighted by Gasteiger charge is -2.05. The van der Waals surface area contributed by atoms with Gasteiger partial charge in [-0.1, -0.05) is 0 Å². The third-order valence-corrected chi connectivity index (χ3v) is 3.04. The summed E-state index contributed by atoms with van der Waals surface area (Å²) in [5.74, 6) is -0.949. The van der Waals surface area contributed by atoms with Crippen LogP contribution in [0.2, 0.25) is 0 Å². The number of carbonyl (C=O) groups is 1. The van der Waals surface area contributed by atoms with E-state index in [2.05, 4.69) is 0 Å². The van der Waals surface area contributed by atoms with Crippen LogP contribution >= 0.6 is 11.8 Å². The van der Waals surface area contributed by atoms with Gasteiger partial charge in [0.05, 0.1) is 11.7 Å². The van der Waals surface area contributed by atoms with Crippen molar-refractivity contribution < 1.29 is 19.4 Å². The first kappa shape index (κ1) is 13.0. The molecule has 1 aromatic rings. The molecule has 1 rings (SSSR count). The molecule has 5 heteroatoms. The van der Waals surface area contributed by atoms with Crippen molar-refractivity contribution in [1.29, 1.82) is 0 Å². The molecule has 2 N–H and O–H groups in total. The van der Waals surface area contributed by atoms with Crippen LogP contribution in [0.15, 0.2) is 23.1 Å². The number of aromatic carboxylic acids is 1. The van der Waals surface area contributed by atoms with E-state index in [4.69, 9.17) is 10.2 Å².